The first kappa shape index (κ1) is 73.1. The van der Waals surface area contributed by atoms with Gasteiger partial charge >= 0.3 is 21.1 Å². The average Bonchev–Trinajstić information content (AvgIpc) is 1.61. The minimum atomic E-state index is -0.476. The van der Waals surface area contributed by atoms with Crippen molar-refractivity contribution in [2.75, 3.05) is 0 Å². The summed E-state index contributed by atoms with van der Waals surface area (Å²) >= 11 is 15.1. The fraction of sp³-hybridized carbons (Fsp3) is 0.231. The first-order valence-electron chi connectivity index (χ1n) is 33.7. The van der Waals surface area contributed by atoms with Crippen LogP contribution in [0.4, 0.5) is 0 Å². The second kappa shape index (κ2) is 29.9. The zero-order chi connectivity index (χ0) is 72.8. The summed E-state index contributed by atoms with van der Waals surface area (Å²) in [5.74, 6) is 0. The number of para-hydroxylation sites is 5. The predicted octanol–water partition coefficient (Wildman–Crippen LogP) is 20.8. The van der Waals surface area contributed by atoms with E-state index in [1.807, 2.05) is 214 Å². The molecule has 0 atom stereocenters. The molecule has 26 heteroatoms. The van der Waals surface area contributed by atoms with Gasteiger partial charge in [0, 0.05) is 56.5 Å². The number of thiazole rings is 5. The molecule has 3 aliphatic heterocycles. The second-order valence-corrected chi connectivity index (χ2v) is 34.8. The number of fused-ring (bicyclic) bond motifs is 5. The van der Waals surface area contributed by atoms with Gasteiger partial charge in [0.1, 0.15) is 25.0 Å². The van der Waals surface area contributed by atoms with Gasteiger partial charge < -0.3 is 27.9 Å². The van der Waals surface area contributed by atoms with Gasteiger partial charge in [-0.3, -0.25) is 24.9 Å². The van der Waals surface area contributed by atoms with Crippen molar-refractivity contribution in [2.24, 2.45) is 0 Å². The van der Waals surface area contributed by atoms with E-state index < -0.39 is 14.0 Å². The summed E-state index contributed by atoms with van der Waals surface area (Å²) in [7, 11) is -1.33. The number of aromatic nitrogens is 10. The number of nitrogens with zero attached hydrogens (tertiary/aromatic N) is 10. The monoisotopic (exact) mass is 1590 g/mol. The maximum atomic E-state index is 6.07. The highest BCUT2D eigenvalue weighted by molar-refractivity contribution is 9.10. The summed E-state index contributed by atoms with van der Waals surface area (Å²) in [6.07, 6.45) is 9.18. The molecule has 0 amide bonds. The van der Waals surface area contributed by atoms with Crippen molar-refractivity contribution < 1.29 is 27.9 Å². The van der Waals surface area contributed by atoms with Crippen LogP contribution in [-0.2, 0) is 27.9 Å². The molecule has 5 aromatic carbocycles. The number of benzene rings is 5. The lowest BCUT2D eigenvalue weighted by Gasteiger charge is -2.32. The van der Waals surface area contributed by atoms with Crippen molar-refractivity contribution >= 4 is 166 Å². The van der Waals surface area contributed by atoms with Gasteiger partial charge in [-0.1, -0.05) is 78.9 Å². The van der Waals surface area contributed by atoms with Crippen LogP contribution in [0.5, 0.6) is 0 Å². The Morgan fingerprint density at radius 2 is 0.510 bits per heavy atom. The number of pyridine rings is 5. The molecule has 0 unspecified atom stereocenters. The third kappa shape index (κ3) is 16.0. The Hall–Kier alpha value is -7.79. The molecule has 0 saturated carbocycles. The van der Waals surface area contributed by atoms with Crippen LogP contribution in [0.25, 0.3) is 116 Å². The molecule has 15 aromatic rings. The van der Waals surface area contributed by atoms with Crippen molar-refractivity contribution in [1.29, 1.82) is 0 Å². The molecule has 522 valence electrons. The largest absolute Gasteiger partial charge is 0.496 e. The highest BCUT2D eigenvalue weighted by Crippen LogP contribution is 2.44. The Labute approximate surface area is 641 Å². The van der Waals surface area contributed by atoms with Crippen LogP contribution < -0.4 is 5.46 Å². The van der Waals surface area contributed by atoms with E-state index >= 15 is 0 Å². The number of hydrogen-bond donors (Lipinski definition) is 0. The van der Waals surface area contributed by atoms with Crippen LogP contribution >= 0.6 is 88.5 Å². The Morgan fingerprint density at radius 1 is 0.269 bits per heavy atom. The lowest BCUT2D eigenvalue weighted by molar-refractivity contribution is 0.00578. The molecule has 0 bridgehead atoms. The maximum Gasteiger partial charge on any atom is 0.496 e. The maximum absolute atomic E-state index is 6.07. The highest BCUT2D eigenvalue weighted by atomic mass is 79.9. The van der Waals surface area contributed by atoms with Crippen molar-refractivity contribution in [3.63, 3.8) is 0 Å². The fourth-order valence-electron chi connectivity index (χ4n) is 10.9. The molecule has 18 rings (SSSR count). The van der Waals surface area contributed by atoms with E-state index in [0.717, 1.165) is 107 Å². The molecule has 0 spiro atoms. The Balaban J connectivity index is 0.000000112. The fourth-order valence-corrected chi connectivity index (χ4v) is 16.1. The van der Waals surface area contributed by atoms with Crippen LogP contribution in [-0.4, -0.2) is 105 Å². The molecule has 16 nitrogen and oxygen atoms in total. The van der Waals surface area contributed by atoms with E-state index in [1.54, 1.807) is 69.1 Å². The van der Waals surface area contributed by atoms with Crippen LogP contribution in [0.15, 0.2) is 222 Å². The van der Waals surface area contributed by atoms with Gasteiger partial charge in [0.25, 0.3) is 0 Å². The molecule has 10 aromatic heterocycles. The number of rotatable bonds is 8. The van der Waals surface area contributed by atoms with Gasteiger partial charge in [-0.2, -0.15) is 0 Å². The normalized spacial score (nSPS) is 16.5. The lowest BCUT2D eigenvalue weighted by atomic mass is 9.49. The zero-order valence-electron chi connectivity index (χ0n) is 59.2. The summed E-state index contributed by atoms with van der Waals surface area (Å²) in [6, 6.07) is 60.8. The summed E-state index contributed by atoms with van der Waals surface area (Å²) < 4.78 is 43.9. The van der Waals surface area contributed by atoms with Crippen molar-refractivity contribution in [2.45, 2.75) is 117 Å². The highest BCUT2D eigenvalue weighted by Gasteiger charge is 2.64. The average molecular weight is 1600 g/mol. The van der Waals surface area contributed by atoms with E-state index in [-0.39, 0.29) is 40.7 Å². The van der Waals surface area contributed by atoms with Gasteiger partial charge in [-0.25, -0.2) is 24.9 Å². The van der Waals surface area contributed by atoms with E-state index in [1.165, 1.54) is 23.5 Å². The van der Waals surface area contributed by atoms with E-state index in [9.17, 15) is 0 Å². The third-order valence-electron chi connectivity index (χ3n) is 19.0. The second-order valence-electron chi connectivity index (χ2n) is 27.8. The third-order valence-corrected chi connectivity index (χ3v) is 25.2. The standard InChI is InChI=1S/C24H14N4S2.C18H19BN2O2S.C12H24B2O4.2C12H7BrN2S/c1-3-7-21-17(5-1)27-23(29-21)19-11-9-15(13-25-19)16-10-12-20(26-14-16)24-28-18-6-2-4-8-22(18)30-24;1-17(2)18(3,4)23-19(22-17)12-9-10-14(20-11-12)16-21-13-7-5-6-8-15(13)24-16;1-9(2)10(3,4)16-13(15-9)14-17-11(5,6)12(7,8)18-14;2*13-8-5-6-10(14-7-8)12-15-9-3-1-2-4-11(9)16-12/h1-14H;5-11H,1-4H3;1-8H3;2*1-7H. The summed E-state index contributed by atoms with van der Waals surface area (Å²) in [4.78, 5) is 45.7. The van der Waals surface area contributed by atoms with E-state index in [4.69, 9.17) is 27.9 Å². The number of halogens is 2. The molecule has 104 heavy (non-hydrogen) atoms. The zero-order valence-corrected chi connectivity index (χ0v) is 66.4. The first-order valence-corrected chi connectivity index (χ1v) is 39.4. The molecule has 3 aliphatic rings. The molecule has 0 N–H and O–H groups in total. The molecular formula is C78H71B3Br2N10O6S5. The molecule has 3 fully saturated rings. The summed E-state index contributed by atoms with van der Waals surface area (Å²) in [5.41, 5.74) is 10.5. The van der Waals surface area contributed by atoms with Crippen LogP contribution in [0.1, 0.15) is 83.1 Å². The molecular weight excluding hydrogens is 1530 g/mol. The van der Waals surface area contributed by atoms with E-state index in [0.29, 0.717) is 0 Å². The summed E-state index contributed by atoms with van der Waals surface area (Å²) in [5, 5.41) is 4.73. The van der Waals surface area contributed by atoms with Crippen molar-refractivity contribution in [3.05, 3.63) is 222 Å². The van der Waals surface area contributed by atoms with Gasteiger partial charge in [0.05, 0.1) is 113 Å². The Kier molecular flexibility index (Phi) is 21.0. The molecule has 3 saturated heterocycles. The Morgan fingerprint density at radius 3 is 0.740 bits per heavy atom. The van der Waals surface area contributed by atoms with Crippen LogP contribution in [0.2, 0.25) is 0 Å². The summed E-state index contributed by atoms with van der Waals surface area (Å²) in [6.45, 7) is 24.4. The quantitative estimate of drug-likeness (QED) is 0.131. The molecule has 0 radical (unpaired) electrons. The van der Waals surface area contributed by atoms with Crippen molar-refractivity contribution in [3.8, 4) is 64.6 Å². The van der Waals surface area contributed by atoms with Crippen LogP contribution in [0, 0.1) is 0 Å². The first-order chi connectivity index (χ1) is 49.7. The van der Waals surface area contributed by atoms with Crippen LogP contribution in [0.3, 0.4) is 0 Å². The van der Waals surface area contributed by atoms with Gasteiger partial charge in [0.2, 0.25) is 0 Å². The number of hydrogen-bond acceptors (Lipinski definition) is 21. The SMILES string of the molecule is Brc1ccc(-c2nc3ccccc3s2)nc1.Brc1ccc(-c2nc3ccccc3s2)nc1.CC1(C)OB(B2OC(C)(C)C(C)(C)O2)OC1(C)C.CC1(C)OB(c2ccc(-c3nc4ccccc4s3)nc2)OC1(C)C.c1ccc2sc(-c3ccc(-c4ccc(-c5nc6ccccc6s5)nc4)cn3)nc2c1. The Bertz CT molecular complexity index is 5030. The topological polar surface area (TPSA) is 184 Å². The molecule has 0 aliphatic carbocycles. The lowest BCUT2D eigenvalue weighted by Crippen LogP contribution is -2.41. The van der Waals surface area contributed by atoms with Gasteiger partial charge in [0.15, 0.2) is 0 Å². The molecule has 13 heterocycles. The van der Waals surface area contributed by atoms with Gasteiger partial charge in [-0.15, -0.1) is 56.7 Å². The minimum Gasteiger partial charge on any atom is -0.405 e. The van der Waals surface area contributed by atoms with Gasteiger partial charge in [-0.05, 0) is 218 Å². The smallest absolute Gasteiger partial charge is 0.405 e. The van der Waals surface area contributed by atoms with E-state index in [2.05, 4.69) is 152 Å². The van der Waals surface area contributed by atoms with Crippen molar-refractivity contribution in [1.82, 2.24) is 49.8 Å². The minimum absolute atomic E-state index is 0.344. The predicted molar refractivity (Wildman–Crippen MR) is 437 cm³/mol.